The molecule has 0 aliphatic carbocycles. The average molecular weight is 204 g/mol. The second-order valence-corrected chi connectivity index (χ2v) is 5.56. The minimum atomic E-state index is -0.0997. The molecule has 0 aliphatic rings. The molecular formula is C11H24OS. The molecule has 0 heterocycles. The lowest BCUT2D eigenvalue weighted by atomic mass is 9.97. The first-order valence-electron chi connectivity index (χ1n) is 5.39. The van der Waals surface area contributed by atoms with Crippen LogP contribution in [0, 0.1) is 5.92 Å². The number of rotatable bonds is 7. The van der Waals surface area contributed by atoms with Gasteiger partial charge in [0, 0.05) is 5.75 Å². The van der Waals surface area contributed by atoms with E-state index in [4.69, 9.17) is 0 Å². The molecule has 0 saturated carbocycles. The molecular weight excluding hydrogens is 180 g/mol. The van der Waals surface area contributed by atoms with Gasteiger partial charge in [0.1, 0.15) is 0 Å². The molecule has 0 aromatic carbocycles. The van der Waals surface area contributed by atoms with Gasteiger partial charge in [-0.05, 0) is 17.6 Å². The zero-order valence-corrected chi connectivity index (χ0v) is 10.2. The maximum atomic E-state index is 9.71. The van der Waals surface area contributed by atoms with Gasteiger partial charge < -0.3 is 5.11 Å². The molecule has 80 valence electrons. The number of hydrogen-bond donors (Lipinski definition) is 1. The van der Waals surface area contributed by atoms with E-state index in [9.17, 15) is 5.11 Å². The quantitative estimate of drug-likeness (QED) is 0.686. The Bertz CT molecular complexity index is 111. The van der Waals surface area contributed by atoms with Crippen LogP contribution in [0.4, 0.5) is 0 Å². The highest BCUT2D eigenvalue weighted by Gasteiger charge is 2.11. The highest BCUT2D eigenvalue weighted by atomic mass is 32.2. The molecule has 0 aromatic rings. The van der Waals surface area contributed by atoms with E-state index >= 15 is 0 Å². The molecule has 0 aromatic heterocycles. The third-order valence-corrected chi connectivity index (χ3v) is 3.63. The summed E-state index contributed by atoms with van der Waals surface area (Å²) in [5.74, 6) is 1.61. The third-order valence-electron chi connectivity index (χ3n) is 2.38. The van der Waals surface area contributed by atoms with Crippen LogP contribution in [0.15, 0.2) is 0 Å². The van der Waals surface area contributed by atoms with Crippen molar-refractivity contribution in [3.05, 3.63) is 0 Å². The minimum Gasteiger partial charge on any atom is -0.392 e. The predicted molar refractivity (Wildman–Crippen MR) is 62.3 cm³/mol. The molecule has 1 unspecified atom stereocenters. The highest BCUT2D eigenvalue weighted by Crippen LogP contribution is 2.19. The third kappa shape index (κ3) is 7.39. The largest absolute Gasteiger partial charge is 0.392 e. The standard InChI is InChI=1S/C11H24OS/c1-5-10(6-2)7-11(12)8-13-9(3)4/h9-12H,5-8H2,1-4H3. The smallest absolute Gasteiger partial charge is 0.0633 e. The van der Waals surface area contributed by atoms with Gasteiger partial charge in [-0.2, -0.15) is 11.8 Å². The van der Waals surface area contributed by atoms with Gasteiger partial charge in [0.25, 0.3) is 0 Å². The molecule has 1 atom stereocenters. The molecule has 1 nitrogen and oxygen atoms in total. The summed E-state index contributed by atoms with van der Waals surface area (Å²) in [4.78, 5) is 0. The summed E-state index contributed by atoms with van der Waals surface area (Å²) in [6, 6.07) is 0. The summed E-state index contributed by atoms with van der Waals surface area (Å²) < 4.78 is 0. The molecule has 0 rings (SSSR count). The Morgan fingerprint density at radius 2 is 1.69 bits per heavy atom. The SMILES string of the molecule is CCC(CC)CC(O)CSC(C)C. The van der Waals surface area contributed by atoms with Gasteiger partial charge in [-0.15, -0.1) is 0 Å². The number of thioether (sulfide) groups is 1. The van der Waals surface area contributed by atoms with Gasteiger partial charge in [0.2, 0.25) is 0 Å². The van der Waals surface area contributed by atoms with Gasteiger partial charge in [-0.3, -0.25) is 0 Å². The fourth-order valence-electron chi connectivity index (χ4n) is 1.38. The van der Waals surface area contributed by atoms with Crippen LogP contribution in [0.3, 0.4) is 0 Å². The molecule has 2 heteroatoms. The van der Waals surface area contributed by atoms with Crippen molar-refractivity contribution in [1.29, 1.82) is 0 Å². The fourth-order valence-corrected chi connectivity index (χ4v) is 2.12. The van der Waals surface area contributed by atoms with Crippen LogP contribution < -0.4 is 0 Å². The van der Waals surface area contributed by atoms with E-state index < -0.39 is 0 Å². The summed E-state index contributed by atoms with van der Waals surface area (Å²) in [6.45, 7) is 8.76. The lowest BCUT2D eigenvalue weighted by Gasteiger charge is -2.17. The normalized spacial score (nSPS) is 14.1. The van der Waals surface area contributed by atoms with E-state index in [1.807, 2.05) is 11.8 Å². The van der Waals surface area contributed by atoms with Crippen LogP contribution in [0.25, 0.3) is 0 Å². The van der Waals surface area contributed by atoms with Crippen molar-refractivity contribution >= 4 is 11.8 Å². The summed E-state index contributed by atoms with van der Waals surface area (Å²) in [5, 5.41) is 10.3. The second kappa shape index (κ2) is 7.69. The van der Waals surface area contributed by atoms with Crippen molar-refractivity contribution in [2.75, 3.05) is 5.75 Å². The van der Waals surface area contributed by atoms with E-state index in [1.54, 1.807) is 0 Å². The Morgan fingerprint density at radius 3 is 2.08 bits per heavy atom. The zero-order valence-electron chi connectivity index (χ0n) is 9.42. The van der Waals surface area contributed by atoms with Crippen LogP contribution in [-0.2, 0) is 0 Å². The first-order valence-corrected chi connectivity index (χ1v) is 6.44. The maximum Gasteiger partial charge on any atom is 0.0633 e. The van der Waals surface area contributed by atoms with Crippen LogP contribution in [0.2, 0.25) is 0 Å². The van der Waals surface area contributed by atoms with Gasteiger partial charge >= 0.3 is 0 Å². The Labute approximate surface area is 87.3 Å². The van der Waals surface area contributed by atoms with Crippen LogP contribution >= 0.6 is 11.8 Å². The number of hydrogen-bond acceptors (Lipinski definition) is 2. The van der Waals surface area contributed by atoms with Gasteiger partial charge in [0.15, 0.2) is 0 Å². The van der Waals surface area contributed by atoms with E-state index in [0.717, 1.165) is 12.2 Å². The lowest BCUT2D eigenvalue weighted by molar-refractivity contribution is 0.161. The molecule has 0 fully saturated rings. The number of aliphatic hydroxyl groups excluding tert-OH is 1. The lowest BCUT2D eigenvalue weighted by Crippen LogP contribution is -2.16. The van der Waals surface area contributed by atoms with E-state index in [-0.39, 0.29) is 6.10 Å². The predicted octanol–water partition coefficient (Wildman–Crippen LogP) is 3.32. The van der Waals surface area contributed by atoms with Crippen molar-refractivity contribution in [2.45, 2.75) is 58.3 Å². The Morgan fingerprint density at radius 1 is 1.15 bits per heavy atom. The van der Waals surface area contributed by atoms with E-state index in [1.165, 1.54) is 12.8 Å². The van der Waals surface area contributed by atoms with Gasteiger partial charge in [0.05, 0.1) is 6.10 Å². The maximum absolute atomic E-state index is 9.71. The molecule has 0 bridgehead atoms. The highest BCUT2D eigenvalue weighted by molar-refractivity contribution is 7.99. The molecule has 0 aliphatic heterocycles. The molecule has 0 radical (unpaired) electrons. The van der Waals surface area contributed by atoms with Crippen molar-refractivity contribution in [3.8, 4) is 0 Å². The second-order valence-electron chi connectivity index (χ2n) is 3.95. The molecule has 13 heavy (non-hydrogen) atoms. The summed E-state index contributed by atoms with van der Waals surface area (Å²) in [7, 11) is 0. The Hall–Kier alpha value is 0.310. The summed E-state index contributed by atoms with van der Waals surface area (Å²) in [5.41, 5.74) is 0. The van der Waals surface area contributed by atoms with Crippen LogP contribution in [0.1, 0.15) is 47.0 Å². The molecule has 0 spiro atoms. The Kier molecular flexibility index (Phi) is 7.87. The fraction of sp³-hybridized carbons (Fsp3) is 1.00. The van der Waals surface area contributed by atoms with Gasteiger partial charge in [-0.1, -0.05) is 40.5 Å². The minimum absolute atomic E-state index is 0.0997. The Balaban J connectivity index is 3.53. The van der Waals surface area contributed by atoms with E-state index in [0.29, 0.717) is 11.2 Å². The molecule has 1 N–H and O–H groups in total. The topological polar surface area (TPSA) is 20.2 Å². The monoisotopic (exact) mass is 204 g/mol. The van der Waals surface area contributed by atoms with E-state index in [2.05, 4.69) is 27.7 Å². The van der Waals surface area contributed by atoms with Crippen molar-refractivity contribution < 1.29 is 5.11 Å². The summed E-state index contributed by atoms with van der Waals surface area (Å²) >= 11 is 1.85. The zero-order chi connectivity index (χ0) is 10.3. The molecule has 0 amide bonds. The first kappa shape index (κ1) is 13.3. The van der Waals surface area contributed by atoms with Crippen LogP contribution in [-0.4, -0.2) is 22.2 Å². The first-order chi connectivity index (χ1) is 6.10. The van der Waals surface area contributed by atoms with Crippen molar-refractivity contribution in [3.63, 3.8) is 0 Å². The molecule has 0 saturated heterocycles. The average Bonchev–Trinajstić information content (AvgIpc) is 2.10. The van der Waals surface area contributed by atoms with Crippen LogP contribution in [0.5, 0.6) is 0 Å². The summed E-state index contributed by atoms with van der Waals surface area (Å²) in [6.07, 6.45) is 3.27. The van der Waals surface area contributed by atoms with Gasteiger partial charge in [-0.25, -0.2) is 0 Å². The number of aliphatic hydroxyl groups is 1. The van der Waals surface area contributed by atoms with Crippen molar-refractivity contribution in [1.82, 2.24) is 0 Å². The van der Waals surface area contributed by atoms with Crippen molar-refractivity contribution in [2.24, 2.45) is 5.92 Å².